The lowest BCUT2D eigenvalue weighted by Crippen LogP contribution is -2.56. The first-order chi connectivity index (χ1) is 7.89. The number of ether oxygens (including phenoxy) is 1. The minimum Gasteiger partial charge on any atom is -0.447 e. The number of amides is 1. The van der Waals surface area contributed by atoms with Crippen molar-refractivity contribution in [2.24, 2.45) is 11.3 Å². The van der Waals surface area contributed by atoms with Gasteiger partial charge in [0.25, 0.3) is 0 Å². The van der Waals surface area contributed by atoms with E-state index < -0.39 is 0 Å². The van der Waals surface area contributed by atoms with Gasteiger partial charge in [0.05, 0.1) is 6.10 Å². The van der Waals surface area contributed by atoms with Gasteiger partial charge in [-0.05, 0) is 39.0 Å². The molecule has 0 aromatic carbocycles. The Hall–Kier alpha value is -0.730. The summed E-state index contributed by atoms with van der Waals surface area (Å²) in [5.41, 5.74) is -0.249. The van der Waals surface area contributed by atoms with Gasteiger partial charge in [-0.25, -0.2) is 4.79 Å². The lowest BCUT2D eigenvalue weighted by atomic mass is 9.75. The van der Waals surface area contributed by atoms with Gasteiger partial charge < -0.3 is 9.64 Å². The van der Waals surface area contributed by atoms with Gasteiger partial charge in [0.2, 0.25) is 0 Å². The Labute approximate surface area is 113 Å². The molecule has 18 heavy (non-hydrogen) atoms. The Morgan fingerprint density at radius 3 is 1.78 bits per heavy atom. The SMILES string of the molecule is CC(C)CN(C(=O)OC(C)C)C(C)(C)C(C)(C)C. The molecule has 3 heteroatoms. The van der Waals surface area contributed by atoms with Crippen LogP contribution in [0.3, 0.4) is 0 Å². The molecule has 0 atom stereocenters. The van der Waals surface area contributed by atoms with Crippen molar-refractivity contribution in [1.82, 2.24) is 4.90 Å². The summed E-state index contributed by atoms with van der Waals surface area (Å²) in [7, 11) is 0. The number of rotatable bonds is 4. The number of hydrogen-bond acceptors (Lipinski definition) is 2. The third-order valence-corrected chi connectivity index (χ3v) is 3.61. The Balaban J connectivity index is 5.17. The van der Waals surface area contributed by atoms with Crippen molar-refractivity contribution < 1.29 is 9.53 Å². The molecule has 0 heterocycles. The molecule has 0 aliphatic heterocycles. The lowest BCUT2D eigenvalue weighted by molar-refractivity contribution is -0.00422. The number of nitrogens with zero attached hydrogens (tertiary/aromatic N) is 1. The molecule has 0 bridgehead atoms. The van der Waals surface area contributed by atoms with Crippen LogP contribution in [0.25, 0.3) is 0 Å². The zero-order valence-electron chi connectivity index (χ0n) is 13.6. The molecule has 0 saturated carbocycles. The van der Waals surface area contributed by atoms with Crippen molar-refractivity contribution in [2.45, 2.75) is 74.0 Å². The van der Waals surface area contributed by atoms with Crippen molar-refractivity contribution >= 4 is 6.09 Å². The molecule has 0 spiro atoms. The zero-order valence-corrected chi connectivity index (χ0v) is 13.6. The second kappa shape index (κ2) is 5.94. The summed E-state index contributed by atoms with van der Waals surface area (Å²) in [6.45, 7) is 19.4. The first-order valence-electron chi connectivity index (χ1n) is 6.88. The summed E-state index contributed by atoms with van der Waals surface area (Å²) >= 11 is 0. The van der Waals surface area contributed by atoms with Crippen LogP contribution in [0.15, 0.2) is 0 Å². The molecule has 108 valence electrons. The van der Waals surface area contributed by atoms with Gasteiger partial charge in [-0.2, -0.15) is 0 Å². The number of carbonyl (C=O) groups is 1. The topological polar surface area (TPSA) is 29.5 Å². The van der Waals surface area contributed by atoms with Crippen LogP contribution < -0.4 is 0 Å². The van der Waals surface area contributed by atoms with E-state index in [9.17, 15) is 4.79 Å². The molecule has 0 unspecified atom stereocenters. The molecule has 0 aliphatic carbocycles. The summed E-state index contributed by atoms with van der Waals surface area (Å²) in [5, 5.41) is 0. The maximum Gasteiger partial charge on any atom is 0.410 e. The van der Waals surface area contributed by atoms with Crippen LogP contribution in [0.2, 0.25) is 0 Å². The smallest absolute Gasteiger partial charge is 0.410 e. The summed E-state index contributed by atoms with van der Waals surface area (Å²) in [6, 6.07) is 0. The monoisotopic (exact) mass is 257 g/mol. The molecule has 0 aromatic heterocycles. The molecule has 0 aliphatic rings. The molecular weight excluding hydrogens is 226 g/mol. The first kappa shape index (κ1) is 17.3. The van der Waals surface area contributed by atoms with E-state index in [2.05, 4.69) is 48.5 Å². The standard InChI is InChI=1S/C15H31NO2/c1-11(2)10-16(13(17)18-12(3)4)15(8,9)14(5,6)7/h11-12H,10H2,1-9H3. The largest absolute Gasteiger partial charge is 0.447 e. The Bertz CT molecular complexity index is 275. The van der Waals surface area contributed by atoms with E-state index in [0.29, 0.717) is 5.92 Å². The van der Waals surface area contributed by atoms with E-state index in [1.54, 1.807) is 0 Å². The third kappa shape index (κ3) is 4.51. The molecule has 0 fully saturated rings. The summed E-state index contributed by atoms with van der Waals surface area (Å²) in [6.07, 6.45) is -0.290. The van der Waals surface area contributed by atoms with Gasteiger partial charge in [0.15, 0.2) is 0 Å². The van der Waals surface area contributed by atoms with Crippen LogP contribution in [-0.2, 0) is 4.74 Å². The van der Waals surface area contributed by atoms with Gasteiger partial charge in [0.1, 0.15) is 0 Å². The van der Waals surface area contributed by atoms with E-state index in [1.807, 2.05) is 18.7 Å². The average Bonchev–Trinajstić information content (AvgIpc) is 2.10. The number of hydrogen-bond donors (Lipinski definition) is 0. The van der Waals surface area contributed by atoms with Gasteiger partial charge >= 0.3 is 6.09 Å². The molecule has 0 N–H and O–H groups in total. The van der Waals surface area contributed by atoms with Crippen LogP contribution in [0.4, 0.5) is 4.79 Å². The first-order valence-corrected chi connectivity index (χ1v) is 6.88. The predicted octanol–water partition coefficient (Wildman–Crippen LogP) is 4.31. The fraction of sp³-hybridized carbons (Fsp3) is 0.933. The van der Waals surface area contributed by atoms with Crippen molar-refractivity contribution in [1.29, 1.82) is 0 Å². The van der Waals surface area contributed by atoms with Crippen LogP contribution in [0.5, 0.6) is 0 Å². The number of carbonyl (C=O) groups excluding carboxylic acids is 1. The second-order valence-corrected chi connectivity index (χ2v) is 7.25. The molecule has 0 rings (SSSR count). The van der Waals surface area contributed by atoms with E-state index in [0.717, 1.165) is 6.54 Å². The van der Waals surface area contributed by atoms with Gasteiger partial charge in [-0.3, -0.25) is 0 Å². The maximum absolute atomic E-state index is 12.3. The van der Waals surface area contributed by atoms with Crippen molar-refractivity contribution in [3.63, 3.8) is 0 Å². The molecule has 0 aromatic rings. The summed E-state index contributed by atoms with van der Waals surface area (Å²) in [5.74, 6) is 0.423. The molecule has 3 nitrogen and oxygen atoms in total. The average molecular weight is 257 g/mol. The highest BCUT2D eigenvalue weighted by Gasteiger charge is 2.42. The predicted molar refractivity (Wildman–Crippen MR) is 76.7 cm³/mol. The fourth-order valence-electron chi connectivity index (χ4n) is 1.57. The zero-order chi connectivity index (χ0) is 14.7. The van der Waals surface area contributed by atoms with Gasteiger partial charge in [-0.15, -0.1) is 0 Å². The van der Waals surface area contributed by atoms with E-state index >= 15 is 0 Å². The molecular formula is C15H31NO2. The van der Waals surface area contributed by atoms with E-state index in [4.69, 9.17) is 4.74 Å². The third-order valence-electron chi connectivity index (χ3n) is 3.61. The molecule has 1 amide bonds. The summed E-state index contributed by atoms with van der Waals surface area (Å²) < 4.78 is 5.38. The maximum atomic E-state index is 12.3. The van der Waals surface area contributed by atoms with Gasteiger partial charge in [0, 0.05) is 12.1 Å². The van der Waals surface area contributed by atoms with Crippen molar-refractivity contribution in [2.75, 3.05) is 6.54 Å². The quantitative estimate of drug-likeness (QED) is 0.751. The highest BCUT2D eigenvalue weighted by Crippen LogP contribution is 2.36. The van der Waals surface area contributed by atoms with Crippen molar-refractivity contribution in [3.8, 4) is 0 Å². The van der Waals surface area contributed by atoms with Crippen LogP contribution in [-0.4, -0.2) is 29.2 Å². The Kier molecular flexibility index (Phi) is 5.70. The normalized spacial score (nSPS) is 13.1. The highest BCUT2D eigenvalue weighted by molar-refractivity contribution is 5.69. The minimum absolute atomic E-state index is 0.00209. The minimum atomic E-state index is -0.247. The van der Waals surface area contributed by atoms with Crippen LogP contribution in [0, 0.1) is 11.3 Å². The fourth-order valence-corrected chi connectivity index (χ4v) is 1.57. The second-order valence-electron chi connectivity index (χ2n) is 7.25. The van der Waals surface area contributed by atoms with Crippen molar-refractivity contribution in [3.05, 3.63) is 0 Å². The van der Waals surface area contributed by atoms with Gasteiger partial charge in [-0.1, -0.05) is 34.6 Å². The Morgan fingerprint density at radius 1 is 1.06 bits per heavy atom. The molecule has 0 radical (unpaired) electrons. The van der Waals surface area contributed by atoms with E-state index in [1.165, 1.54) is 0 Å². The lowest BCUT2D eigenvalue weighted by Gasteiger charge is -2.47. The molecule has 0 saturated heterocycles. The van der Waals surface area contributed by atoms with Crippen LogP contribution in [0.1, 0.15) is 62.3 Å². The summed E-state index contributed by atoms with van der Waals surface area (Å²) in [4.78, 5) is 14.2. The highest BCUT2D eigenvalue weighted by atomic mass is 16.6. The van der Waals surface area contributed by atoms with Crippen LogP contribution >= 0.6 is 0 Å². The Morgan fingerprint density at radius 2 is 1.50 bits per heavy atom. The van der Waals surface area contributed by atoms with E-state index in [-0.39, 0.29) is 23.2 Å².